The van der Waals surface area contributed by atoms with Crippen LogP contribution in [0.3, 0.4) is 0 Å². The van der Waals surface area contributed by atoms with E-state index in [-0.39, 0.29) is 0 Å². The highest BCUT2D eigenvalue weighted by atomic mass is 15.5. The van der Waals surface area contributed by atoms with E-state index in [4.69, 9.17) is 0 Å². The fraction of sp³-hybridized carbons (Fsp3) is 0. The Balaban J connectivity index is 0.000000187. The molecule has 0 radical (unpaired) electrons. The maximum absolute atomic E-state index is 4.52. The van der Waals surface area contributed by atoms with Gasteiger partial charge in [-0.3, -0.25) is 0 Å². The molecule has 4 rings (SSSR count). The molecule has 0 amide bonds. The Hall–Kier alpha value is -2.89. The molecule has 0 bridgehead atoms. The molecular weight excluding hydrogens is 240 g/mol. The third kappa shape index (κ3) is 2.52. The van der Waals surface area contributed by atoms with Crippen molar-refractivity contribution >= 4 is 22.1 Å². The third-order valence-corrected chi connectivity index (χ3v) is 2.51. The highest BCUT2D eigenvalue weighted by molar-refractivity contribution is 5.85. The normalized spacial score (nSPS) is 10.1. The van der Waals surface area contributed by atoms with E-state index in [1.807, 2.05) is 48.5 Å². The molecule has 0 fully saturated rings. The topological polar surface area (TPSA) is 80.2 Å². The minimum Gasteiger partial charge on any atom is -0.246 e. The minimum atomic E-state index is 0.950. The van der Waals surface area contributed by atoms with Gasteiger partial charge in [0.2, 0.25) is 0 Å². The lowest BCUT2D eigenvalue weighted by molar-refractivity contribution is 0.881. The van der Waals surface area contributed by atoms with Crippen LogP contribution in [0.4, 0.5) is 0 Å². The van der Waals surface area contributed by atoms with Crippen molar-refractivity contribution in [3.8, 4) is 0 Å². The third-order valence-electron chi connectivity index (χ3n) is 2.51. The Morgan fingerprint density at radius 2 is 1.16 bits per heavy atom. The molecule has 0 saturated heterocycles. The van der Waals surface area contributed by atoms with Crippen molar-refractivity contribution in [1.29, 1.82) is 0 Å². The summed E-state index contributed by atoms with van der Waals surface area (Å²) < 4.78 is 0. The average molecular weight is 250 g/mol. The second-order valence-corrected chi connectivity index (χ2v) is 3.76. The van der Waals surface area contributed by atoms with Crippen molar-refractivity contribution in [1.82, 2.24) is 30.6 Å². The summed E-state index contributed by atoms with van der Waals surface area (Å²) in [5.74, 6) is 0. The van der Waals surface area contributed by atoms with E-state index in [2.05, 4.69) is 30.6 Å². The van der Waals surface area contributed by atoms with Crippen molar-refractivity contribution in [3.63, 3.8) is 0 Å². The van der Waals surface area contributed by atoms with Crippen molar-refractivity contribution in [2.75, 3.05) is 0 Å². The summed E-state index contributed by atoms with van der Waals surface area (Å²) in [6.45, 7) is 0. The van der Waals surface area contributed by atoms with Gasteiger partial charge in [-0.1, -0.05) is 24.3 Å². The predicted octanol–water partition coefficient (Wildman–Crippen LogP) is 1.98. The van der Waals surface area contributed by atoms with Crippen LogP contribution in [0.5, 0.6) is 0 Å². The Bertz CT molecular complexity index is 659. The summed E-state index contributed by atoms with van der Waals surface area (Å²) in [5.41, 5.74) is 3.80. The molecule has 6 nitrogen and oxygen atoms in total. The Morgan fingerprint density at radius 3 is 1.42 bits per heavy atom. The number of nitrogens with zero attached hydrogens (tertiary/aromatic N) is 5. The number of hydrogen-bond acceptors (Lipinski definition) is 5. The van der Waals surface area contributed by atoms with E-state index < -0.39 is 0 Å². The van der Waals surface area contributed by atoms with Gasteiger partial charge in [-0.25, -0.2) is 15.1 Å². The van der Waals surface area contributed by atoms with Crippen LogP contribution in [0, 0.1) is 0 Å². The lowest BCUT2D eigenvalue weighted by Gasteiger charge is -1.98. The van der Waals surface area contributed by atoms with Crippen LogP contribution in [0.1, 0.15) is 0 Å². The fourth-order valence-electron chi connectivity index (χ4n) is 1.70. The summed E-state index contributed by atoms with van der Waals surface area (Å²) in [7, 11) is 0. The van der Waals surface area contributed by atoms with E-state index in [0.29, 0.717) is 0 Å². The van der Waals surface area contributed by atoms with Crippen LogP contribution in [-0.4, -0.2) is 30.6 Å². The highest BCUT2D eigenvalue weighted by Gasteiger charge is 1.98. The number of nitrogens with one attached hydrogen (secondary N) is 1. The molecule has 0 spiro atoms. The first kappa shape index (κ1) is 11.2. The molecule has 92 valence electrons. The molecule has 2 heterocycles. The van der Waals surface area contributed by atoms with Crippen LogP contribution >= 0.6 is 0 Å². The van der Waals surface area contributed by atoms with E-state index in [1.165, 1.54) is 6.33 Å². The van der Waals surface area contributed by atoms with Gasteiger partial charge >= 0.3 is 0 Å². The monoisotopic (exact) mass is 250 g/mol. The molecule has 6 heteroatoms. The lowest BCUT2D eigenvalue weighted by atomic mass is 10.2. The van der Waals surface area contributed by atoms with E-state index >= 15 is 0 Å². The van der Waals surface area contributed by atoms with Gasteiger partial charge in [-0.05, 0) is 34.7 Å². The Labute approximate surface area is 108 Å². The number of aromatic amines is 1. The van der Waals surface area contributed by atoms with Gasteiger partial charge in [0.1, 0.15) is 6.33 Å². The molecule has 19 heavy (non-hydrogen) atoms. The van der Waals surface area contributed by atoms with E-state index in [9.17, 15) is 0 Å². The molecule has 0 aliphatic rings. The summed E-state index contributed by atoms with van der Waals surface area (Å²) in [4.78, 5) is 9.03. The smallest absolute Gasteiger partial charge is 0.135 e. The van der Waals surface area contributed by atoms with Gasteiger partial charge in [-0.2, -0.15) is 0 Å². The van der Waals surface area contributed by atoms with Gasteiger partial charge in [-0.15, -0.1) is 5.10 Å². The Morgan fingerprint density at radius 1 is 0.684 bits per heavy atom. The zero-order valence-electron chi connectivity index (χ0n) is 9.93. The lowest BCUT2D eigenvalue weighted by Crippen LogP contribution is -1.85. The number of para-hydroxylation sites is 4. The van der Waals surface area contributed by atoms with Crippen LogP contribution in [0.2, 0.25) is 0 Å². The SMILES string of the molecule is c1ccc2nc3ccccc3nc2c1.c1nnn[nH]1. The largest absolute Gasteiger partial charge is 0.246 e. The van der Waals surface area contributed by atoms with E-state index in [1.54, 1.807) is 0 Å². The van der Waals surface area contributed by atoms with Gasteiger partial charge in [0.15, 0.2) is 0 Å². The van der Waals surface area contributed by atoms with Crippen LogP contribution in [-0.2, 0) is 0 Å². The molecule has 0 aliphatic heterocycles. The molecule has 2 aromatic heterocycles. The first-order valence-corrected chi connectivity index (χ1v) is 5.72. The van der Waals surface area contributed by atoms with Gasteiger partial charge in [0.05, 0.1) is 22.1 Å². The molecule has 2 aromatic carbocycles. The first-order chi connectivity index (χ1) is 9.43. The summed E-state index contributed by atoms with van der Waals surface area (Å²) in [5, 5.41) is 12.1. The van der Waals surface area contributed by atoms with E-state index in [0.717, 1.165) is 22.1 Å². The van der Waals surface area contributed by atoms with Gasteiger partial charge in [0.25, 0.3) is 0 Å². The average Bonchev–Trinajstić information content (AvgIpc) is 3.04. The maximum atomic E-state index is 4.52. The minimum absolute atomic E-state index is 0.950. The number of fused-ring (bicyclic) bond motifs is 2. The van der Waals surface area contributed by atoms with Crippen molar-refractivity contribution in [2.45, 2.75) is 0 Å². The molecule has 4 aromatic rings. The molecule has 0 saturated carbocycles. The highest BCUT2D eigenvalue weighted by Crippen LogP contribution is 2.14. The molecular formula is C13H10N6. The summed E-state index contributed by atoms with van der Waals surface area (Å²) in [6, 6.07) is 15.8. The second-order valence-electron chi connectivity index (χ2n) is 3.76. The number of rotatable bonds is 0. The van der Waals surface area contributed by atoms with Crippen LogP contribution < -0.4 is 0 Å². The van der Waals surface area contributed by atoms with Crippen LogP contribution in [0.15, 0.2) is 54.9 Å². The van der Waals surface area contributed by atoms with Gasteiger partial charge in [0, 0.05) is 0 Å². The number of aromatic nitrogens is 6. The zero-order chi connectivity index (χ0) is 12.9. The number of H-pyrrole nitrogens is 1. The zero-order valence-corrected chi connectivity index (χ0v) is 9.93. The van der Waals surface area contributed by atoms with Gasteiger partial charge < -0.3 is 0 Å². The second kappa shape index (κ2) is 5.18. The van der Waals surface area contributed by atoms with Crippen molar-refractivity contribution < 1.29 is 0 Å². The standard InChI is InChI=1S/C12H8N2.CH2N4/c1-2-6-10-9(5-1)13-11-7-3-4-8-12(11)14-10;1-2-4-5-3-1/h1-8H;1H,(H,2,3,4,5). The van der Waals surface area contributed by atoms with Crippen LogP contribution in [0.25, 0.3) is 22.1 Å². The number of hydrogen-bond donors (Lipinski definition) is 1. The Kier molecular flexibility index (Phi) is 3.05. The summed E-state index contributed by atoms with van der Waals surface area (Å²) >= 11 is 0. The predicted molar refractivity (Wildman–Crippen MR) is 71.2 cm³/mol. The number of benzene rings is 2. The molecule has 0 atom stereocenters. The molecule has 1 N–H and O–H groups in total. The van der Waals surface area contributed by atoms with Crippen molar-refractivity contribution in [2.24, 2.45) is 0 Å². The maximum Gasteiger partial charge on any atom is 0.135 e. The molecule has 0 unspecified atom stereocenters. The number of tetrazole rings is 1. The fourth-order valence-corrected chi connectivity index (χ4v) is 1.70. The molecule has 0 aliphatic carbocycles. The first-order valence-electron chi connectivity index (χ1n) is 5.72. The quantitative estimate of drug-likeness (QED) is 0.483. The van der Waals surface area contributed by atoms with Crippen molar-refractivity contribution in [3.05, 3.63) is 54.9 Å². The summed E-state index contributed by atoms with van der Waals surface area (Å²) in [6.07, 6.45) is 1.40.